The summed E-state index contributed by atoms with van der Waals surface area (Å²) in [7, 11) is 0. The molecule has 34 heavy (non-hydrogen) atoms. The van der Waals surface area contributed by atoms with E-state index in [0.29, 0.717) is 36.9 Å². The van der Waals surface area contributed by atoms with Gasteiger partial charge in [0, 0.05) is 24.5 Å². The Bertz CT molecular complexity index is 1310. The Morgan fingerprint density at radius 2 is 2.06 bits per heavy atom. The number of hydrogen-bond acceptors (Lipinski definition) is 9. The van der Waals surface area contributed by atoms with Gasteiger partial charge < -0.3 is 26.2 Å². The van der Waals surface area contributed by atoms with Gasteiger partial charge in [-0.2, -0.15) is 5.10 Å². The number of ether oxygens (including phenoxy) is 1. The van der Waals surface area contributed by atoms with Gasteiger partial charge in [0.05, 0.1) is 25.5 Å². The summed E-state index contributed by atoms with van der Waals surface area (Å²) in [6, 6.07) is -0.0142. The lowest BCUT2D eigenvalue weighted by Crippen LogP contribution is -2.51. The molecule has 178 valence electrons. The molecule has 0 aromatic carbocycles. The zero-order chi connectivity index (χ0) is 24.0. The highest BCUT2D eigenvalue weighted by Gasteiger charge is 2.47. The van der Waals surface area contributed by atoms with E-state index in [1.54, 1.807) is 0 Å². The lowest BCUT2D eigenvalue weighted by Gasteiger charge is -2.41. The van der Waals surface area contributed by atoms with Crippen LogP contribution in [0.2, 0.25) is 0 Å². The Labute approximate surface area is 193 Å². The predicted molar refractivity (Wildman–Crippen MR) is 119 cm³/mol. The van der Waals surface area contributed by atoms with Crippen LogP contribution in [0.3, 0.4) is 0 Å². The molecule has 10 nitrogen and oxygen atoms in total. The quantitative estimate of drug-likeness (QED) is 0.399. The molecule has 3 aromatic rings. The van der Waals surface area contributed by atoms with E-state index in [4.69, 9.17) is 16.2 Å². The van der Waals surface area contributed by atoms with Gasteiger partial charge in [0.2, 0.25) is 0 Å². The summed E-state index contributed by atoms with van der Waals surface area (Å²) in [6.45, 7) is 3.69. The van der Waals surface area contributed by atoms with E-state index < -0.39 is 23.0 Å². The van der Waals surface area contributed by atoms with E-state index in [0.717, 1.165) is 19.0 Å². The Kier molecular flexibility index (Phi) is 5.55. The summed E-state index contributed by atoms with van der Waals surface area (Å²) in [5.41, 5.74) is 12.4. The molecule has 2 aliphatic rings. The van der Waals surface area contributed by atoms with Gasteiger partial charge in [0.1, 0.15) is 16.8 Å². The number of aromatic nitrogens is 5. The molecule has 0 radical (unpaired) electrons. The summed E-state index contributed by atoms with van der Waals surface area (Å²) >= 11 is 0. The lowest BCUT2D eigenvalue weighted by atomic mass is 9.73. The fraction of sp³-hybridized carbons (Fsp3) is 0.455. The first kappa shape index (κ1) is 22.4. The molecule has 2 atom stereocenters. The molecule has 5 heterocycles. The van der Waals surface area contributed by atoms with Crippen molar-refractivity contribution >= 4 is 22.8 Å². The molecule has 0 amide bonds. The monoisotopic (exact) mass is 470 g/mol. The maximum absolute atomic E-state index is 14.1. The highest BCUT2D eigenvalue weighted by molar-refractivity contribution is 5.78. The number of nitrogens with one attached hydrogen (secondary N) is 1. The van der Waals surface area contributed by atoms with Crippen LogP contribution in [0.25, 0.3) is 11.2 Å². The van der Waals surface area contributed by atoms with Crippen LogP contribution in [-0.4, -0.2) is 62.1 Å². The topological polar surface area (TPSA) is 152 Å². The Balaban J connectivity index is 1.44. The third-order valence-electron chi connectivity index (χ3n) is 6.81. The number of H-pyrrole nitrogens is 1. The summed E-state index contributed by atoms with van der Waals surface area (Å²) in [5, 5.41) is 16.8. The average Bonchev–Trinajstić information content (AvgIpc) is 3.37. The molecule has 0 saturated carbocycles. The van der Waals surface area contributed by atoms with Crippen LogP contribution >= 0.6 is 0 Å². The number of hydrogen-bond donors (Lipinski definition) is 4. The fourth-order valence-corrected chi connectivity index (χ4v) is 4.67. The normalized spacial score (nSPS) is 21.7. The van der Waals surface area contributed by atoms with E-state index in [9.17, 15) is 13.9 Å². The van der Waals surface area contributed by atoms with E-state index in [1.165, 1.54) is 0 Å². The van der Waals surface area contributed by atoms with Crippen LogP contribution in [0.1, 0.15) is 36.7 Å². The highest BCUT2D eigenvalue weighted by Crippen LogP contribution is 2.42. The molecule has 2 fully saturated rings. The van der Waals surface area contributed by atoms with Crippen LogP contribution in [-0.2, 0) is 11.3 Å². The van der Waals surface area contributed by atoms with Crippen LogP contribution in [0.15, 0.2) is 6.20 Å². The average molecular weight is 470 g/mol. The molecule has 5 rings (SSSR count). The second kappa shape index (κ2) is 8.43. The molecule has 0 bridgehead atoms. The number of rotatable bonds is 2. The minimum Gasteiger partial charge on any atom is -0.390 e. The number of piperidine rings is 1. The summed E-state index contributed by atoms with van der Waals surface area (Å²) in [4.78, 5) is 14.6. The molecule has 6 N–H and O–H groups in total. The first-order chi connectivity index (χ1) is 16.3. The largest absolute Gasteiger partial charge is 0.390 e. The van der Waals surface area contributed by atoms with Crippen LogP contribution in [0.4, 0.5) is 20.4 Å². The van der Waals surface area contributed by atoms with Crippen LogP contribution < -0.4 is 16.4 Å². The molecule has 2 saturated heterocycles. The fourth-order valence-electron chi connectivity index (χ4n) is 4.67. The van der Waals surface area contributed by atoms with Crippen molar-refractivity contribution in [2.24, 2.45) is 11.1 Å². The number of anilines is 2. The van der Waals surface area contributed by atoms with Crippen molar-refractivity contribution in [1.29, 1.82) is 0 Å². The third kappa shape index (κ3) is 3.62. The standard InChI is InChI=1S/C22H24F2N8O2/c1-11-18(25)22(10-34-11)4-6-32(7-5-22)21-15(9-33)28-17-14(30-31-20(17)29-21)3-2-12-13(23)8-27-19(26)16(12)24/h8,11,18,33H,4-7,9-10,25H2,1H3,(H2,26,27)(H,29,30,31)/t11-,18+/m0/s1. The van der Waals surface area contributed by atoms with E-state index in [-0.39, 0.29) is 35.4 Å². The third-order valence-corrected chi connectivity index (χ3v) is 6.81. The number of pyridine rings is 1. The lowest BCUT2D eigenvalue weighted by molar-refractivity contribution is 0.0973. The van der Waals surface area contributed by atoms with Crippen molar-refractivity contribution in [3.8, 4) is 11.8 Å². The molecule has 1 spiro atoms. The first-order valence-corrected chi connectivity index (χ1v) is 10.9. The van der Waals surface area contributed by atoms with Crippen molar-refractivity contribution in [1.82, 2.24) is 25.1 Å². The minimum atomic E-state index is -1.04. The number of nitrogens with two attached hydrogens (primary N) is 2. The van der Waals surface area contributed by atoms with Gasteiger partial charge in [0.25, 0.3) is 0 Å². The van der Waals surface area contributed by atoms with Crippen molar-refractivity contribution < 1.29 is 18.6 Å². The summed E-state index contributed by atoms with van der Waals surface area (Å²) < 4.78 is 33.8. The Morgan fingerprint density at radius 3 is 2.74 bits per heavy atom. The van der Waals surface area contributed by atoms with Crippen LogP contribution in [0, 0.1) is 28.9 Å². The van der Waals surface area contributed by atoms with Crippen molar-refractivity contribution in [2.75, 3.05) is 30.3 Å². The number of nitrogen functional groups attached to an aromatic ring is 1. The van der Waals surface area contributed by atoms with E-state index >= 15 is 0 Å². The molecule has 12 heteroatoms. The molecule has 3 aromatic heterocycles. The van der Waals surface area contributed by atoms with Gasteiger partial charge in [-0.25, -0.2) is 23.7 Å². The number of aromatic amines is 1. The van der Waals surface area contributed by atoms with Gasteiger partial charge in [0.15, 0.2) is 34.6 Å². The van der Waals surface area contributed by atoms with E-state index in [1.807, 2.05) is 6.92 Å². The predicted octanol–water partition coefficient (Wildman–Crippen LogP) is 0.833. The van der Waals surface area contributed by atoms with Gasteiger partial charge in [-0.1, -0.05) is 5.92 Å². The second-order valence-electron chi connectivity index (χ2n) is 8.74. The molecular weight excluding hydrogens is 446 g/mol. The number of nitrogens with zero attached hydrogens (tertiary/aromatic N) is 5. The zero-order valence-corrected chi connectivity index (χ0v) is 18.5. The minimum absolute atomic E-state index is 0.0142. The second-order valence-corrected chi connectivity index (χ2v) is 8.74. The maximum atomic E-state index is 14.1. The van der Waals surface area contributed by atoms with E-state index in [2.05, 4.69) is 41.9 Å². The van der Waals surface area contributed by atoms with Gasteiger partial charge in [-0.3, -0.25) is 5.10 Å². The molecule has 0 aliphatic carbocycles. The maximum Gasteiger partial charge on any atom is 0.183 e. The van der Waals surface area contributed by atoms with Crippen molar-refractivity contribution in [2.45, 2.75) is 38.5 Å². The number of aliphatic hydroxyl groups excluding tert-OH is 1. The molecule has 2 aliphatic heterocycles. The Morgan fingerprint density at radius 1 is 1.29 bits per heavy atom. The smallest absolute Gasteiger partial charge is 0.183 e. The van der Waals surface area contributed by atoms with Gasteiger partial charge >= 0.3 is 0 Å². The van der Waals surface area contributed by atoms with Crippen molar-refractivity contribution in [3.63, 3.8) is 0 Å². The van der Waals surface area contributed by atoms with Gasteiger partial charge in [-0.05, 0) is 25.7 Å². The Hall–Kier alpha value is -3.40. The van der Waals surface area contributed by atoms with Crippen LogP contribution in [0.5, 0.6) is 0 Å². The first-order valence-electron chi connectivity index (χ1n) is 10.9. The molecular formula is C22H24F2N8O2. The summed E-state index contributed by atoms with van der Waals surface area (Å²) in [5.74, 6) is 3.12. The number of halogens is 2. The SMILES string of the molecule is C[C@@H]1OCC2(CCN(c3nc4[nH]nc(C#Cc5c(F)cnc(N)c5F)c4nc3CO)CC2)[C@@H]1N. The van der Waals surface area contributed by atoms with Crippen molar-refractivity contribution in [3.05, 3.63) is 34.8 Å². The highest BCUT2D eigenvalue weighted by atomic mass is 19.1. The summed E-state index contributed by atoms with van der Waals surface area (Å²) in [6.07, 6.45) is 2.52. The zero-order valence-electron chi connectivity index (χ0n) is 18.5. The molecule has 0 unspecified atom stereocenters. The number of fused-ring (bicyclic) bond motifs is 1. The number of aliphatic hydroxyl groups is 1. The van der Waals surface area contributed by atoms with Gasteiger partial charge in [-0.15, -0.1) is 0 Å².